The Morgan fingerprint density at radius 1 is 1.12 bits per heavy atom. The second kappa shape index (κ2) is 3.59. The van der Waals surface area contributed by atoms with Gasteiger partial charge in [-0.1, -0.05) is 6.92 Å². The Morgan fingerprint density at radius 2 is 1.84 bits per heavy atom. The van der Waals surface area contributed by atoms with Crippen LogP contribution in [-0.4, -0.2) is 47.4 Å². The fourth-order valence-corrected chi connectivity index (χ4v) is 7.91. The van der Waals surface area contributed by atoms with E-state index in [0.717, 1.165) is 6.42 Å². The molecule has 6 rings (SSSR count). The largest absolute Gasteiger partial charge is 0.461 e. The van der Waals surface area contributed by atoms with Gasteiger partial charge in [-0.3, -0.25) is 14.4 Å². The van der Waals surface area contributed by atoms with Gasteiger partial charge in [0.05, 0.1) is 0 Å². The van der Waals surface area contributed by atoms with Crippen LogP contribution in [0, 0.1) is 22.7 Å². The van der Waals surface area contributed by atoms with E-state index in [4.69, 9.17) is 18.9 Å². The molecule has 2 spiro atoms. The Labute approximate surface area is 144 Å². The number of hydrogen-bond acceptors (Lipinski definition) is 7. The minimum atomic E-state index is -1.11. The summed E-state index contributed by atoms with van der Waals surface area (Å²) < 4.78 is 23.6. The second-order valence-corrected chi connectivity index (χ2v) is 8.74. The first-order valence-electron chi connectivity index (χ1n) is 9.11. The maximum Gasteiger partial charge on any atom is 0.317 e. The van der Waals surface area contributed by atoms with Crippen molar-refractivity contribution in [2.24, 2.45) is 22.7 Å². The number of rotatable bonds is 2. The van der Waals surface area contributed by atoms with Gasteiger partial charge < -0.3 is 18.9 Å². The van der Waals surface area contributed by atoms with Crippen molar-refractivity contribution in [3.8, 4) is 0 Å². The van der Waals surface area contributed by atoms with Crippen LogP contribution >= 0.6 is 0 Å². The van der Waals surface area contributed by atoms with Crippen molar-refractivity contribution in [2.75, 3.05) is 0 Å². The maximum absolute atomic E-state index is 13.2. The van der Waals surface area contributed by atoms with Crippen LogP contribution in [0.4, 0.5) is 0 Å². The molecule has 6 fully saturated rings. The van der Waals surface area contributed by atoms with Crippen molar-refractivity contribution < 1.29 is 33.3 Å². The summed E-state index contributed by atoms with van der Waals surface area (Å²) in [6, 6.07) is 0. The molecular formula is C18H20O7. The molecule has 134 valence electrons. The van der Waals surface area contributed by atoms with Crippen LogP contribution in [0.2, 0.25) is 0 Å². The first-order chi connectivity index (χ1) is 11.8. The zero-order chi connectivity index (χ0) is 17.6. The monoisotopic (exact) mass is 348 g/mol. The van der Waals surface area contributed by atoms with E-state index in [2.05, 4.69) is 0 Å². The van der Waals surface area contributed by atoms with E-state index in [0.29, 0.717) is 6.42 Å². The number of esters is 3. The predicted molar refractivity (Wildman–Crippen MR) is 78.9 cm³/mol. The molecule has 7 heteroatoms. The van der Waals surface area contributed by atoms with Crippen molar-refractivity contribution in [1.82, 2.24) is 0 Å². The number of carbonyl (C=O) groups excluding carboxylic acids is 3. The number of ether oxygens (including phenoxy) is 4. The van der Waals surface area contributed by atoms with Crippen molar-refractivity contribution in [1.29, 1.82) is 0 Å². The molecule has 7 nitrogen and oxygen atoms in total. The first-order valence-corrected chi connectivity index (χ1v) is 9.11. The number of hydrogen-bond donors (Lipinski definition) is 0. The van der Waals surface area contributed by atoms with Crippen molar-refractivity contribution >= 4 is 17.9 Å². The van der Waals surface area contributed by atoms with E-state index in [1.54, 1.807) is 6.92 Å². The van der Waals surface area contributed by atoms with Crippen LogP contribution in [-0.2, 0) is 33.3 Å². The SMILES string of the molecule is CCC(=O)OC1C2OC(=O)C34C5CC6OC(=O)C3(C6C5)C1(C)OC24C. The van der Waals surface area contributed by atoms with Gasteiger partial charge in [0.1, 0.15) is 28.1 Å². The van der Waals surface area contributed by atoms with E-state index in [1.165, 1.54) is 0 Å². The van der Waals surface area contributed by atoms with Gasteiger partial charge in [-0.15, -0.1) is 0 Å². The third-order valence-corrected chi connectivity index (χ3v) is 8.33. The van der Waals surface area contributed by atoms with E-state index in [1.807, 2.05) is 13.8 Å². The average Bonchev–Trinajstić information content (AvgIpc) is 3.26. The first kappa shape index (κ1) is 14.5. The lowest BCUT2D eigenvalue weighted by Crippen LogP contribution is -2.69. The summed E-state index contributed by atoms with van der Waals surface area (Å²) in [5.74, 6) is -1.19. The van der Waals surface area contributed by atoms with Gasteiger partial charge in [0.15, 0.2) is 12.2 Å². The summed E-state index contributed by atoms with van der Waals surface area (Å²) in [6.07, 6.45) is 0.0463. The lowest BCUT2D eigenvalue weighted by atomic mass is 9.44. The van der Waals surface area contributed by atoms with Crippen molar-refractivity contribution in [3.05, 3.63) is 0 Å². The van der Waals surface area contributed by atoms with E-state index < -0.39 is 34.2 Å². The van der Waals surface area contributed by atoms with Crippen LogP contribution in [0.25, 0.3) is 0 Å². The molecular weight excluding hydrogens is 328 g/mol. The number of carbonyl (C=O) groups is 3. The van der Waals surface area contributed by atoms with Crippen molar-refractivity contribution in [2.45, 2.75) is 69.5 Å². The summed E-state index contributed by atoms with van der Waals surface area (Å²) >= 11 is 0. The normalized spacial score (nSPS) is 61.5. The summed E-state index contributed by atoms with van der Waals surface area (Å²) in [6.45, 7) is 5.38. The lowest BCUT2D eigenvalue weighted by Gasteiger charge is -2.50. The molecule has 0 radical (unpaired) electrons. The molecule has 4 bridgehead atoms. The molecule has 0 N–H and O–H groups in total. The zero-order valence-corrected chi connectivity index (χ0v) is 14.4. The van der Waals surface area contributed by atoms with Gasteiger partial charge in [-0.25, -0.2) is 0 Å². The molecule has 2 aliphatic carbocycles. The maximum atomic E-state index is 13.2. The fourth-order valence-electron chi connectivity index (χ4n) is 7.91. The molecule has 25 heavy (non-hydrogen) atoms. The van der Waals surface area contributed by atoms with Crippen molar-refractivity contribution in [3.63, 3.8) is 0 Å². The van der Waals surface area contributed by atoms with Crippen LogP contribution in [0.15, 0.2) is 0 Å². The lowest BCUT2D eigenvalue weighted by molar-refractivity contribution is -0.182. The highest BCUT2D eigenvalue weighted by Crippen LogP contribution is 2.87. The molecule has 6 aliphatic rings. The van der Waals surface area contributed by atoms with E-state index >= 15 is 0 Å². The summed E-state index contributed by atoms with van der Waals surface area (Å²) in [7, 11) is 0. The van der Waals surface area contributed by atoms with Gasteiger partial charge in [-0.05, 0) is 32.6 Å². The third-order valence-electron chi connectivity index (χ3n) is 8.33. The summed E-state index contributed by atoms with van der Waals surface area (Å²) in [5.41, 5.74) is -4.19. The smallest absolute Gasteiger partial charge is 0.317 e. The topological polar surface area (TPSA) is 88.1 Å². The van der Waals surface area contributed by atoms with Crippen LogP contribution in [0.1, 0.15) is 40.0 Å². The van der Waals surface area contributed by atoms with Gasteiger partial charge in [0.2, 0.25) is 0 Å². The van der Waals surface area contributed by atoms with Gasteiger partial charge in [0, 0.05) is 12.3 Å². The Bertz CT molecular complexity index is 775. The Hall–Kier alpha value is -1.63. The highest BCUT2D eigenvalue weighted by atomic mass is 16.7. The van der Waals surface area contributed by atoms with E-state index in [-0.39, 0.29) is 42.3 Å². The molecule has 4 saturated heterocycles. The predicted octanol–water partition coefficient (Wildman–Crippen LogP) is 0.733. The van der Waals surface area contributed by atoms with Crippen LogP contribution in [0.3, 0.4) is 0 Å². The van der Waals surface area contributed by atoms with Gasteiger partial charge in [0.25, 0.3) is 0 Å². The molecule has 9 atom stereocenters. The molecule has 0 aromatic rings. The molecule has 4 heterocycles. The Morgan fingerprint density at radius 3 is 2.56 bits per heavy atom. The molecule has 2 saturated carbocycles. The molecule has 0 aromatic carbocycles. The highest BCUT2D eigenvalue weighted by molar-refractivity contribution is 5.98. The van der Waals surface area contributed by atoms with Gasteiger partial charge in [-0.2, -0.15) is 0 Å². The standard InChI is InChI=1S/C18H20O7/c1-4-10(19)23-11-12-15(2)17(13(20)24-12)7-5-8-9(6-7)22-14(21)18(8,17)16(11,3)25-15/h7-9,11-12H,4-6H2,1-3H3. The van der Waals surface area contributed by atoms with E-state index in [9.17, 15) is 14.4 Å². The number of fused-ring (bicyclic) bond motifs is 2. The molecule has 4 aliphatic heterocycles. The minimum Gasteiger partial charge on any atom is -0.461 e. The second-order valence-electron chi connectivity index (χ2n) is 8.74. The average molecular weight is 348 g/mol. The zero-order valence-electron chi connectivity index (χ0n) is 14.4. The summed E-state index contributed by atoms with van der Waals surface area (Å²) in [4.78, 5) is 38.5. The third kappa shape index (κ3) is 0.979. The Balaban J connectivity index is 1.65. The quantitative estimate of drug-likeness (QED) is 0.537. The highest BCUT2D eigenvalue weighted by Gasteiger charge is 3.02. The van der Waals surface area contributed by atoms with Gasteiger partial charge >= 0.3 is 17.9 Å². The Kier molecular flexibility index (Phi) is 2.08. The minimum absolute atomic E-state index is 0.0149. The molecule has 0 aromatic heterocycles. The molecule has 0 amide bonds. The fraction of sp³-hybridized carbons (Fsp3) is 0.833. The summed E-state index contributed by atoms with van der Waals surface area (Å²) in [5, 5.41) is 0. The van der Waals surface area contributed by atoms with Crippen LogP contribution in [0.5, 0.6) is 0 Å². The van der Waals surface area contributed by atoms with Crippen LogP contribution < -0.4 is 0 Å². The molecule has 9 unspecified atom stereocenters.